The van der Waals surface area contributed by atoms with E-state index in [0.717, 1.165) is 0 Å². The zero-order valence-electron chi connectivity index (χ0n) is 12.7. The van der Waals surface area contributed by atoms with E-state index < -0.39 is 10.8 Å². The molecule has 1 aliphatic rings. The van der Waals surface area contributed by atoms with Crippen molar-refractivity contribution in [3.63, 3.8) is 0 Å². The molecule has 1 aromatic carbocycles. The predicted molar refractivity (Wildman–Crippen MR) is 85.0 cm³/mol. The number of nitrogens with zero attached hydrogens (tertiary/aromatic N) is 2. The second kappa shape index (κ2) is 6.76. The van der Waals surface area contributed by atoms with E-state index in [2.05, 4.69) is 5.32 Å². The van der Waals surface area contributed by atoms with Crippen molar-refractivity contribution in [2.45, 2.75) is 0 Å². The quantitative estimate of drug-likeness (QED) is 0.391. The van der Waals surface area contributed by atoms with Crippen LogP contribution in [0.25, 0.3) is 6.08 Å². The third-order valence-corrected chi connectivity index (χ3v) is 3.30. The maximum absolute atomic E-state index is 12.3. The second-order valence-corrected chi connectivity index (χ2v) is 4.91. The number of carbonyl (C=O) groups is 1. The molecule has 9 heteroatoms. The summed E-state index contributed by atoms with van der Waals surface area (Å²) >= 11 is 0. The van der Waals surface area contributed by atoms with Crippen LogP contribution in [0.3, 0.4) is 0 Å². The number of hydrogen-bond donors (Lipinski definition) is 1. The lowest BCUT2D eigenvalue weighted by Gasteiger charge is -2.19. The highest BCUT2D eigenvalue weighted by atomic mass is 16.6. The molecule has 0 saturated carbocycles. The molecule has 1 aromatic heterocycles. The van der Waals surface area contributed by atoms with Crippen LogP contribution in [-0.2, 0) is 4.79 Å². The van der Waals surface area contributed by atoms with Crippen molar-refractivity contribution >= 4 is 23.4 Å². The van der Waals surface area contributed by atoms with Crippen molar-refractivity contribution in [2.24, 2.45) is 0 Å². The molecule has 0 bridgehead atoms. The molecule has 126 valence electrons. The highest BCUT2D eigenvalue weighted by Gasteiger charge is 2.24. The summed E-state index contributed by atoms with van der Waals surface area (Å²) in [5, 5.41) is 22.7. The first kappa shape index (κ1) is 16.1. The Morgan fingerprint density at radius 1 is 1.32 bits per heavy atom. The van der Waals surface area contributed by atoms with Crippen LogP contribution in [0.1, 0.15) is 5.76 Å². The average Bonchev–Trinajstić information content (AvgIpc) is 3.12. The first-order valence-electron chi connectivity index (χ1n) is 7.13. The van der Waals surface area contributed by atoms with Gasteiger partial charge in [-0.2, -0.15) is 5.26 Å². The van der Waals surface area contributed by atoms with Crippen LogP contribution in [0.4, 0.5) is 11.4 Å². The molecule has 2 heterocycles. The van der Waals surface area contributed by atoms with E-state index in [-0.39, 0.29) is 35.1 Å². The number of rotatable bonds is 4. The van der Waals surface area contributed by atoms with Crippen molar-refractivity contribution in [3.8, 4) is 17.6 Å². The van der Waals surface area contributed by atoms with E-state index in [9.17, 15) is 14.9 Å². The first-order valence-corrected chi connectivity index (χ1v) is 7.13. The highest BCUT2D eigenvalue weighted by molar-refractivity contribution is 6.10. The third kappa shape index (κ3) is 3.42. The van der Waals surface area contributed by atoms with Gasteiger partial charge in [-0.3, -0.25) is 14.9 Å². The molecule has 0 atom stereocenters. The lowest BCUT2D eigenvalue weighted by Crippen LogP contribution is -2.18. The number of anilines is 1. The molecule has 0 aliphatic carbocycles. The fourth-order valence-electron chi connectivity index (χ4n) is 2.18. The zero-order chi connectivity index (χ0) is 17.8. The normalized spacial score (nSPS) is 13.0. The lowest BCUT2D eigenvalue weighted by molar-refractivity contribution is -0.384. The van der Waals surface area contributed by atoms with Crippen LogP contribution < -0.4 is 14.8 Å². The van der Waals surface area contributed by atoms with Gasteiger partial charge in [0.1, 0.15) is 36.3 Å². The lowest BCUT2D eigenvalue weighted by atomic mass is 10.2. The minimum atomic E-state index is -0.807. The predicted octanol–water partition coefficient (Wildman–Crippen LogP) is 2.50. The summed E-state index contributed by atoms with van der Waals surface area (Å²) in [6, 6.07) is 7.37. The number of carbonyl (C=O) groups excluding carboxylic acids is 1. The number of nitriles is 1. The fraction of sp³-hybridized carbons (Fsp3) is 0.125. The maximum Gasteiger partial charge on any atom is 0.296 e. The van der Waals surface area contributed by atoms with Crippen LogP contribution in [0, 0.1) is 21.4 Å². The number of furan rings is 1. The molecule has 1 aliphatic heterocycles. The van der Waals surface area contributed by atoms with Gasteiger partial charge in [0.15, 0.2) is 11.5 Å². The monoisotopic (exact) mass is 341 g/mol. The molecule has 25 heavy (non-hydrogen) atoms. The van der Waals surface area contributed by atoms with Gasteiger partial charge in [0.2, 0.25) is 0 Å². The zero-order valence-corrected chi connectivity index (χ0v) is 12.7. The van der Waals surface area contributed by atoms with Crippen LogP contribution in [0.15, 0.2) is 40.5 Å². The summed E-state index contributed by atoms with van der Waals surface area (Å²) in [4.78, 5) is 22.9. The van der Waals surface area contributed by atoms with E-state index in [1.165, 1.54) is 24.5 Å². The van der Waals surface area contributed by atoms with Gasteiger partial charge < -0.3 is 19.2 Å². The van der Waals surface area contributed by atoms with Crippen molar-refractivity contribution in [3.05, 3.63) is 52.0 Å². The first-order chi connectivity index (χ1) is 12.1. The Morgan fingerprint density at radius 3 is 2.64 bits per heavy atom. The van der Waals surface area contributed by atoms with Gasteiger partial charge in [0.25, 0.3) is 11.6 Å². The second-order valence-electron chi connectivity index (χ2n) is 4.91. The summed E-state index contributed by atoms with van der Waals surface area (Å²) in [6.07, 6.45) is 2.63. The van der Waals surface area contributed by atoms with Gasteiger partial charge in [-0.15, -0.1) is 0 Å². The number of fused-ring (bicyclic) bond motifs is 1. The summed E-state index contributed by atoms with van der Waals surface area (Å²) in [5.74, 6) is 0.00491. The SMILES string of the molecule is N#C/C(=C\c1ccco1)C(=O)Nc1cc2c(cc1[N+](=O)[O-])OCCO2. The van der Waals surface area contributed by atoms with E-state index in [4.69, 9.17) is 19.2 Å². The van der Waals surface area contributed by atoms with E-state index in [1.54, 1.807) is 18.2 Å². The topological polar surface area (TPSA) is 128 Å². The molecule has 0 fully saturated rings. The number of hydrogen-bond acceptors (Lipinski definition) is 7. The van der Waals surface area contributed by atoms with Gasteiger partial charge in [0, 0.05) is 12.1 Å². The number of nitrogens with one attached hydrogen (secondary N) is 1. The van der Waals surface area contributed by atoms with E-state index >= 15 is 0 Å². The van der Waals surface area contributed by atoms with Gasteiger partial charge in [-0.05, 0) is 12.1 Å². The number of ether oxygens (including phenoxy) is 2. The van der Waals surface area contributed by atoms with Gasteiger partial charge in [-0.25, -0.2) is 0 Å². The minimum Gasteiger partial charge on any atom is -0.486 e. The van der Waals surface area contributed by atoms with Crippen molar-refractivity contribution < 1.29 is 23.6 Å². The Kier molecular flexibility index (Phi) is 4.34. The largest absolute Gasteiger partial charge is 0.486 e. The summed E-state index contributed by atoms with van der Waals surface area (Å²) in [6.45, 7) is 0.570. The molecule has 0 unspecified atom stereocenters. The molecular weight excluding hydrogens is 330 g/mol. The van der Waals surface area contributed by atoms with E-state index in [0.29, 0.717) is 12.4 Å². The van der Waals surface area contributed by atoms with Crippen molar-refractivity contribution in [1.29, 1.82) is 5.26 Å². The molecule has 0 saturated heterocycles. The van der Waals surface area contributed by atoms with Crippen LogP contribution in [0.2, 0.25) is 0 Å². The Morgan fingerprint density at radius 2 is 2.04 bits per heavy atom. The number of nitro benzene ring substituents is 1. The Balaban J connectivity index is 1.92. The smallest absolute Gasteiger partial charge is 0.296 e. The van der Waals surface area contributed by atoms with Gasteiger partial charge >= 0.3 is 0 Å². The van der Waals surface area contributed by atoms with Crippen molar-refractivity contribution in [2.75, 3.05) is 18.5 Å². The molecule has 2 aromatic rings. The third-order valence-electron chi connectivity index (χ3n) is 3.30. The Labute approximate surface area is 141 Å². The van der Waals surface area contributed by atoms with Gasteiger partial charge in [0.05, 0.1) is 17.3 Å². The van der Waals surface area contributed by atoms with E-state index in [1.807, 2.05) is 0 Å². The van der Waals surface area contributed by atoms with Crippen LogP contribution >= 0.6 is 0 Å². The molecule has 0 spiro atoms. The molecule has 0 radical (unpaired) electrons. The molecular formula is C16H11N3O6. The highest BCUT2D eigenvalue weighted by Crippen LogP contribution is 2.39. The summed E-state index contributed by atoms with van der Waals surface area (Å²) in [7, 11) is 0. The number of benzene rings is 1. The molecule has 9 nitrogen and oxygen atoms in total. The standard InChI is InChI=1S/C16H11N3O6/c17-9-10(6-11-2-1-3-23-11)16(20)18-12-7-14-15(25-5-4-24-14)8-13(12)19(21)22/h1-3,6-8H,4-5H2,(H,18,20)/b10-6+. The van der Waals surface area contributed by atoms with Crippen LogP contribution in [-0.4, -0.2) is 24.0 Å². The summed E-state index contributed by atoms with van der Waals surface area (Å²) < 4.78 is 15.7. The summed E-state index contributed by atoms with van der Waals surface area (Å²) in [5.41, 5.74) is -0.730. The number of nitro groups is 1. The molecule has 1 amide bonds. The number of amides is 1. The maximum atomic E-state index is 12.3. The van der Waals surface area contributed by atoms with Crippen molar-refractivity contribution in [1.82, 2.24) is 0 Å². The van der Waals surface area contributed by atoms with Gasteiger partial charge in [-0.1, -0.05) is 0 Å². The molecule has 1 N–H and O–H groups in total. The average molecular weight is 341 g/mol. The Hall–Kier alpha value is -3.80. The fourth-order valence-corrected chi connectivity index (χ4v) is 2.18. The Bertz CT molecular complexity index is 895. The molecule has 3 rings (SSSR count). The van der Waals surface area contributed by atoms with Crippen LogP contribution in [0.5, 0.6) is 11.5 Å². The minimum absolute atomic E-state index is 0.0974.